The molecule has 0 aromatic heterocycles. The van der Waals surface area contributed by atoms with Gasteiger partial charge in [-0.1, -0.05) is 37.3 Å². The number of hydrogen-bond acceptors (Lipinski definition) is 7. The maximum absolute atomic E-state index is 12.9. The van der Waals surface area contributed by atoms with Crippen molar-refractivity contribution in [3.05, 3.63) is 106 Å². The van der Waals surface area contributed by atoms with Crippen LogP contribution in [0.4, 0.5) is 5.69 Å². The number of carbonyl (C=O) groups is 2. The Balaban J connectivity index is 1.63. The first kappa shape index (κ1) is 27.4. The molecule has 0 heterocycles. The lowest BCUT2D eigenvalue weighted by atomic mass is 10.2. The summed E-state index contributed by atoms with van der Waals surface area (Å²) in [5.41, 5.74) is 4.45. The summed E-state index contributed by atoms with van der Waals surface area (Å²) in [6, 6.07) is 21.4. The minimum absolute atomic E-state index is 0.122. The highest BCUT2D eigenvalue weighted by molar-refractivity contribution is 7.98. The number of nitrogens with one attached hydrogen (secondary N) is 2. The predicted octanol–water partition coefficient (Wildman–Crippen LogP) is 4.57. The molecule has 10 heteroatoms. The second-order valence-corrected chi connectivity index (χ2v) is 9.01. The fraction of sp³-hybridized carbons (Fsp3) is 0.222. The van der Waals surface area contributed by atoms with Crippen molar-refractivity contribution >= 4 is 35.5 Å². The van der Waals surface area contributed by atoms with Gasteiger partial charge < -0.3 is 10.1 Å². The van der Waals surface area contributed by atoms with Crippen LogP contribution in [0.1, 0.15) is 34.8 Å². The number of hydrazone groups is 1. The normalized spacial score (nSPS) is 11.6. The molecule has 3 rings (SSSR count). The zero-order valence-electron chi connectivity index (χ0n) is 20.3. The Bertz CT molecular complexity index is 1200. The van der Waals surface area contributed by atoms with E-state index in [-0.39, 0.29) is 11.3 Å². The molecule has 9 nitrogen and oxygen atoms in total. The van der Waals surface area contributed by atoms with E-state index in [1.807, 2.05) is 61.5 Å². The third-order valence-corrected chi connectivity index (χ3v) is 6.21. The smallest absolute Gasteiger partial charge is 0.269 e. The van der Waals surface area contributed by atoms with E-state index in [4.69, 9.17) is 4.74 Å². The molecule has 3 aromatic carbocycles. The summed E-state index contributed by atoms with van der Waals surface area (Å²) in [5.74, 6) is 0.732. The van der Waals surface area contributed by atoms with Crippen LogP contribution in [-0.4, -0.2) is 41.4 Å². The van der Waals surface area contributed by atoms with Gasteiger partial charge >= 0.3 is 0 Å². The zero-order chi connectivity index (χ0) is 26.5. The zero-order valence-corrected chi connectivity index (χ0v) is 21.1. The standard InChI is InChI=1S/C27H28N4O5S/c1-2-16-36-24-14-8-20(9-15-24)17-28-30-27(33)25(19-37-18-21-6-4-3-5-7-21)29-26(32)22-10-12-23(13-11-22)31(34)35/h3-15,17,25H,2,16,18-19H2,1H3,(H,29,32)(H,30,33)/b28-17-/t25-/m0/s1. The highest BCUT2D eigenvalue weighted by Gasteiger charge is 2.22. The van der Waals surface area contributed by atoms with Crippen LogP contribution in [0.25, 0.3) is 0 Å². The molecular weight excluding hydrogens is 492 g/mol. The molecule has 0 aliphatic rings. The van der Waals surface area contributed by atoms with Crippen molar-refractivity contribution in [2.75, 3.05) is 12.4 Å². The molecule has 3 aromatic rings. The topological polar surface area (TPSA) is 123 Å². The molecule has 0 fully saturated rings. The van der Waals surface area contributed by atoms with Crippen LogP contribution in [0.15, 0.2) is 84.0 Å². The van der Waals surface area contributed by atoms with E-state index in [0.717, 1.165) is 23.3 Å². The monoisotopic (exact) mass is 520 g/mol. The van der Waals surface area contributed by atoms with Crippen LogP contribution in [0.3, 0.4) is 0 Å². The molecule has 0 bridgehead atoms. The summed E-state index contributed by atoms with van der Waals surface area (Å²) >= 11 is 1.49. The lowest BCUT2D eigenvalue weighted by molar-refractivity contribution is -0.384. The molecule has 192 valence electrons. The van der Waals surface area contributed by atoms with Crippen LogP contribution in [0.5, 0.6) is 5.75 Å². The van der Waals surface area contributed by atoms with Gasteiger partial charge in [0.1, 0.15) is 11.8 Å². The summed E-state index contributed by atoms with van der Waals surface area (Å²) < 4.78 is 5.56. The van der Waals surface area contributed by atoms with E-state index in [2.05, 4.69) is 15.8 Å². The molecular formula is C27H28N4O5S. The highest BCUT2D eigenvalue weighted by atomic mass is 32.2. The number of nitro benzene ring substituents is 1. The van der Waals surface area contributed by atoms with Crippen molar-refractivity contribution in [2.24, 2.45) is 5.10 Å². The Kier molecular flexibility index (Phi) is 10.7. The van der Waals surface area contributed by atoms with Gasteiger partial charge in [0.05, 0.1) is 17.7 Å². The number of amides is 2. The molecule has 0 saturated carbocycles. The summed E-state index contributed by atoms with van der Waals surface area (Å²) in [6.45, 7) is 2.67. The number of nitro groups is 1. The lowest BCUT2D eigenvalue weighted by Gasteiger charge is -2.17. The van der Waals surface area contributed by atoms with Crippen molar-refractivity contribution in [3.8, 4) is 5.75 Å². The minimum atomic E-state index is -0.877. The van der Waals surface area contributed by atoms with Gasteiger partial charge in [-0.2, -0.15) is 16.9 Å². The number of non-ortho nitro benzene ring substituents is 1. The number of hydrogen-bond donors (Lipinski definition) is 2. The van der Waals surface area contributed by atoms with Crippen molar-refractivity contribution in [1.82, 2.24) is 10.7 Å². The molecule has 0 spiro atoms. The first-order valence-corrected chi connectivity index (χ1v) is 12.8. The van der Waals surface area contributed by atoms with Crippen molar-refractivity contribution < 1.29 is 19.2 Å². The van der Waals surface area contributed by atoms with Crippen LogP contribution >= 0.6 is 11.8 Å². The molecule has 0 aliphatic carbocycles. The number of ether oxygens (including phenoxy) is 1. The largest absolute Gasteiger partial charge is 0.494 e. The molecule has 2 amide bonds. The maximum atomic E-state index is 12.9. The van der Waals surface area contributed by atoms with E-state index < -0.39 is 22.8 Å². The van der Waals surface area contributed by atoms with Crippen LogP contribution in [0.2, 0.25) is 0 Å². The Morgan fingerprint density at radius 2 is 1.76 bits per heavy atom. The highest BCUT2D eigenvalue weighted by Crippen LogP contribution is 2.15. The maximum Gasteiger partial charge on any atom is 0.269 e. The molecule has 0 aliphatic heterocycles. The second kappa shape index (κ2) is 14.4. The summed E-state index contributed by atoms with van der Waals surface area (Å²) in [6.07, 6.45) is 2.43. The van der Waals surface area contributed by atoms with Crippen LogP contribution in [0, 0.1) is 10.1 Å². The summed E-state index contributed by atoms with van der Waals surface area (Å²) in [5, 5.41) is 17.6. The van der Waals surface area contributed by atoms with E-state index in [1.54, 1.807) is 0 Å². The van der Waals surface area contributed by atoms with E-state index in [0.29, 0.717) is 18.1 Å². The van der Waals surface area contributed by atoms with E-state index in [9.17, 15) is 19.7 Å². The van der Waals surface area contributed by atoms with Crippen LogP contribution < -0.4 is 15.5 Å². The number of carbonyl (C=O) groups excluding carboxylic acids is 2. The van der Waals surface area contributed by atoms with Crippen LogP contribution in [-0.2, 0) is 10.5 Å². The summed E-state index contributed by atoms with van der Waals surface area (Å²) in [7, 11) is 0. The van der Waals surface area contributed by atoms with Gasteiger partial charge in [0.25, 0.3) is 17.5 Å². The molecule has 0 unspecified atom stereocenters. The van der Waals surface area contributed by atoms with Crippen molar-refractivity contribution in [1.29, 1.82) is 0 Å². The van der Waals surface area contributed by atoms with Gasteiger partial charge in [0, 0.05) is 29.2 Å². The third-order valence-electron chi connectivity index (χ3n) is 5.10. The van der Waals surface area contributed by atoms with E-state index >= 15 is 0 Å². The Morgan fingerprint density at radius 1 is 1.05 bits per heavy atom. The quantitative estimate of drug-likeness (QED) is 0.193. The third kappa shape index (κ3) is 9.08. The average Bonchev–Trinajstić information content (AvgIpc) is 2.92. The Labute approximate surface area is 219 Å². The Morgan fingerprint density at radius 3 is 2.41 bits per heavy atom. The second-order valence-electron chi connectivity index (χ2n) is 7.98. The van der Waals surface area contributed by atoms with Gasteiger partial charge in [-0.25, -0.2) is 5.43 Å². The molecule has 37 heavy (non-hydrogen) atoms. The molecule has 2 N–H and O–H groups in total. The van der Waals surface area contributed by atoms with Gasteiger partial charge in [-0.05, 0) is 53.9 Å². The first-order chi connectivity index (χ1) is 18.0. The molecule has 0 saturated heterocycles. The Hall–Kier alpha value is -4.18. The number of rotatable bonds is 13. The average molecular weight is 521 g/mol. The minimum Gasteiger partial charge on any atom is -0.494 e. The van der Waals surface area contributed by atoms with Crippen molar-refractivity contribution in [3.63, 3.8) is 0 Å². The van der Waals surface area contributed by atoms with Gasteiger partial charge in [-0.3, -0.25) is 19.7 Å². The number of nitrogens with zero attached hydrogens (tertiary/aromatic N) is 2. The van der Waals surface area contributed by atoms with Gasteiger partial charge in [0.15, 0.2) is 0 Å². The molecule has 1 atom stereocenters. The van der Waals surface area contributed by atoms with Gasteiger partial charge in [-0.15, -0.1) is 0 Å². The van der Waals surface area contributed by atoms with Crippen molar-refractivity contribution in [2.45, 2.75) is 25.1 Å². The number of benzene rings is 3. The summed E-state index contributed by atoms with van der Waals surface area (Å²) in [4.78, 5) is 36.0. The first-order valence-electron chi connectivity index (χ1n) is 11.7. The number of thioether (sulfide) groups is 1. The van der Waals surface area contributed by atoms with Gasteiger partial charge in [0.2, 0.25) is 0 Å². The SMILES string of the molecule is CCCOc1ccc(/C=N\NC(=O)[C@H](CSCc2ccccc2)NC(=O)c2ccc([N+](=O)[O-])cc2)cc1. The fourth-order valence-corrected chi connectivity index (χ4v) is 4.16. The predicted molar refractivity (Wildman–Crippen MR) is 145 cm³/mol. The lowest BCUT2D eigenvalue weighted by Crippen LogP contribution is -2.47. The fourth-order valence-electron chi connectivity index (χ4n) is 3.15. The molecule has 0 radical (unpaired) electrons. The van der Waals surface area contributed by atoms with E-state index in [1.165, 1.54) is 42.2 Å².